The Morgan fingerprint density at radius 1 is 1.50 bits per heavy atom. The number of hydrogen-bond acceptors (Lipinski definition) is 3. The number of amides is 1. The minimum atomic E-state index is -0.359. The van der Waals surface area contributed by atoms with E-state index >= 15 is 0 Å². The molecular formula is C13H23N3O2. The summed E-state index contributed by atoms with van der Waals surface area (Å²) in [6, 6.07) is 1.88. The van der Waals surface area contributed by atoms with Crippen LogP contribution >= 0.6 is 0 Å². The van der Waals surface area contributed by atoms with Crippen LogP contribution in [0.5, 0.6) is 0 Å². The average Bonchev–Trinajstić information content (AvgIpc) is 2.89. The molecule has 0 aromatic carbocycles. The maximum atomic E-state index is 12.1. The highest BCUT2D eigenvalue weighted by Crippen LogP contribution is 2.01. The highest BCUT2D eigenvalue weighted by atomic mass is 16.5. The van der Waals surface area contributed by atoms with E-state index in [1.807, 2.05) is 42.6 Å². The van der Waals surface area contributed by atoms with Crippen molar-refractivity contribution in [1.82, 2.24) is 14.7 Å². The first-order valence-corrected chi connectivity index (χ1v) is 6.56. The standard InChI is InChI=1S/C13H23N3O2/c1-4-11-18-12(3)13(17)15(5-2)9-10-16-8-6-7-14-16/h6-8,12H,4-5,9-11H2,1-3H3/t12-/m1/s1. The van der Waals surface area contributed by atoms with Gasteiger partial charge in [-0.05, 0) is 26.3 Å². The smallest absolute Gasteiger partial charge is 0.251 e. The molecule has 0 radical (unpaired) electrons. The summed E-state index contributed by atoms with van der Waals surface area (Å²) in [6.45, 7) is 8.53. The van der Waals surface area contributed by atoms with Gasteiger partial charge in [-0.3, -0.25) is 9.48 Å². The second kappa shape index (κ2) is 7.87. The SMILES string of the molecule is CCCO[C@H](C)C(=O)N(CC)CCn1cccn1. The van der Waals surface area contributed by atoms with E-state index in [0.29, 0.717) is 26.2 Å². The summed E-state index contributed by atoms with van der Waals surface area (Å²) >= 11 is 0. The lowest BCUT2D eigenvalue weighted by Crippen LogP contribution is -2.40. The van der Waals surface area contributed by atoms with E-state index in [1.54, 1.807) is 6.20 Å². The van der Waals surface area contributed by atoms with Crippen LogP contribution in [-0.4, -0.2) is 46.4 Å². The average molecular weight is 253 g/mol. The van der Waals surface area contributed by atoms with Gasteiger partial charge in [0.25, 0.3) is 5.91 Å². The molecule has 0 saturated heterocycles. The number of likely N-dealkylation sites (N-methyl/N-ethyl adjacent to an activating group) is 1. The molecule has 0 saturated carbocycles. The number of ether oxygens (including phenoxy) is 1. The van der Waals surface area contributed by atoms with Crippen LogP contribution in [0.4, 0.5) is 0 Å². The molecule has 18 heavy (non-hydrogen) atoms. The molecule has 102 valence electrons. The van der Waals surface area contributed by atoms with Crippen LogP contribution in [0.1, 0.15) is 27.2 Å². The van der Waals surface area contributed by atoms with Crippen LogP contribution in [-0.2, 0) is 16.1 Å². The van der Waals surface area contributed by atoms with Crippen LogP contribution in [0, 0.1) is 0 Å². The van der Waals surface area contributed by atoms with Crippen molar-refractivity contribution in [3.63, 3.8) is 0 Å². The van der Waals surface area contributed by atoms with Crippen LogP contribution < -0.4 is 0 Å². The molecule has 0 aliphatic rings. The Kier molecular flexibility index (Phi) is 6.43. The minimum absolute atomic E-state index is 0.0538. The number of carbonyl (C=O) groups excluding carboxylic acids is 1. The monoisotopic (exact) mass is 253 g/mol. The minimum Gasteiger partial charge on any atom is -0.369 e. The summed E-state index contributed by atoms with van der Waals surface area (Å²) in [5.74, 6) is 0.0538. The fourth-order valence-corrected chi connectivity index (χ4v) is 1.70. The molecule has 1 amide bonds. The Bertz CT molecular complexity index is 338. The third kappa shape index (κ3) is 4.49. The molecule has 0 N–H and O–H groups in total. The third-order valence-corrected chi connectivity index (χ3v) is 2.77. The number of carbonyl (C=O) groups is 1. The van der Waals surface area contributed by atoms with Gasteiger partial charge in [0, 0.05) is 32.1 Å². The summed E-state index contributed by atoms with van der Waals surface area (Å²) in [7, 11) is 0. The zero-order valence-electron chi connectivity index (χ0n) is 11.5. The predicted molar refractivity (Wildman–Crippen MR) is 70.2 cm³/mol. The summed E-state index contributed by atoms with van der Waals surface area (Å²) in [5.41, 5.74) is 0. The molecule has 1 rings (SSSR count). The van der Waals surface area contributed by atoms with Gasteiger partial charge in [0.05, 0.1) is 6.54 Å². The van der Waals surface area contributed by atoms with Crippen molar-refractivity contribution >= 4 is 5.91 Å². The molecule has 0 aliphatic carbocycles. The fourth-order valence-electron chi connectivity index (χ4n) is 1.70. The zero-order valence-corrected chi connectivity index (χ0v) is 11.5. The van der Waals surface area contributed by atoms with Gasteiger partial charge in [0.2, 0.25) is 0 Å². The first-order chi connectivity index (χ1) is 8.69. The second-order valence-corrected chi connectivity index (χ2v) is 4.20. The normalized spacial score (nSPS) is 12.4. The molecular weight excluding hydrogens is 230 g/mol. The number of nitrogens with zero attached hydrogens (tertiary/aromatic N) is 3. The summed E-state index contributed by atoms with van der Waals surface area (Å²) in [5, 5.41) is 4.12. The quantitative estimate of drug-likeness (QED) is 0.706. The maximum Gasteiger partial charge on any atom is 0.251 e. The van der Waals surface area contributed by atoms with Crippen molar-refractivity contribution in [2.75, 3.05) is 19.7 Å². The molecule has 0 bridgehead atoms. The van der Waals surface area contributed by atoms with Crippen LogP contribution in [0.25, 0.3) is 0 Å². The number of rotatable bonds is 8. The molecule has 1 aromatic rings. The third-order valence-electron chi connectivity index (χ3n) is 2.77. The molecule has 0 unspecified atom stereocenters. The van der Waals surface area contributed by atoms with E-state index in [-0.39, 0.29) is 12.0 Å². The Labute approximate surface area is 109 Å². The number of hydrogen-bond donors (Lipinski definition) is 0. The van der Waals surface area contributed by atoms with E-state index in [0.717, 1.165) is 6.42 Å². The number of aromatic nitrogens is 2. The molecule has 1 atom stereocenters. The van der Waals surface area contributed by atoms with Gasteiger partial charge >= 0.3 is 0 Å². The first kappa shape index (κ1) is 14.7. The van der Waals surface area contributed by atoms with E-state index in [4.69, 9.17) is 4.74 Å². The van der Waals surface area contributed by atoms with Gasteiger partial charge in [-0.1, -0.05) is 6.92 Å². The lowest BCUT2D eigenvalue weighted by Gasteiger charge is -2.24. The summed E-state index contributed by atoms with van der Waals surface area (Å²) < 4.78 is 7.29. The molecule has 1 heterocycles. The topological polar surface area (TPSA) is 47.4 Å². The van der Waals surface area contributed by atoms with Gasteiger partial charge in [0.15, 0.2) is 0 Å². The van der Waals surface area contributed by atoms with Crippen LogP contribution in [0.3, 0.4) is 0 Å². The van der Waals surface area contributed by atoms with Gasteiger partial charge in [-0.25, -0.2) is 0 Å². The van der Waals surface area contributed by atoms with E-state index < -0.39 is 0 Å². The summed E-state index contributed by atoms with van der Waals surface area (Å²) in [6.07, 6.45) is 4.21. The van der Waals surface area contributed by atoms with Crippen LogP contribution in [0.15, 0.2) is 18.5 Å². The predicted octanol–water partition coefficient (Wildman–Crippen LogP) is 1.55. The Morgan fingerprint density at radius 3 is 2.83 bits per heavy atom. The molecule has 5 heteroatoms. The highest BCUT2D eigenvalue weighted by Gasteiger charge is 2.19. The molecule has 0 spiro atoms. The summed E-state index contributed by atoms with van der Waals surface area (Å²) in [4.78, 5) is 13.9. The second-order valence-electron chi connectivity index (χ2n) is 4.20. The largest absolute Gasteiger partial charge is 0.369 e. The van der Waals surface area contributed by atoms with Crippen molar-refractivity contribution in [3.05, 3.63) is 18.5 Å². The van der Waals surface area contributed by atoms with Gasteiger partial charge in [-0.15, -0.1) is 0 Å². The highest BCUT2D eigenvalue weighted by molar-refractivity contribution is 5.80. The van der Waals surface area contributed by atoms with Crippen molar-refractivity contribution in [1.29, 1.82) is 0 Å². The van der Waals surface area contributed by atoms with Crippen molar-refractivity contribution in [2.24, 2.45) is 0 Å². The molecule has 5 nitrogen and oxygen atoms in total. The van der Waals surface area contributed by atoms with Crippen molar-refractivity contribution in [3.8, 4) is 0 Å². The lowest BCUT2D eigenvalue weighted by molar-refractivity contribution is -0.142. The first-order valence-electron chi connectivity index (χ1n) is 6.56. The van der Waals surface area contributed by atoms with Gasteiger partial charge < -0.3 is 9.64 Å². The molecule has 0 aliphatic heterocycles. The van der Waals surface area contributed by atoms with Gasteiger partial charge in [-0.2, -0.15) is 5.10 Å². The molecule has 0 fully saturated rings. The van der Waals surface area contributed by atoms with E-state index in [1.165, 1.54) is 0 Å². The van der Waals surface area contributed by atoms with Crippen molar-refractivity contribution in [2.45, 2.75) is 39.8 Å². The fraction of sp³-hybridized carbons (Fsp3) is 0.692. The maximum absolute atomic E-state index is 12.1. The lowest BCUT2D eigenvalue weighted by atomic mass is 10.3. The Morgan fingerprint density at radius 2 is 2.28 bits per heavy atom. The van der Waals surface area contributed by atoms with Crippen LogP contribution in [0.2, 0.25) is 0 Å². The Balaban J connectivity index is 2.41. The van der Waals surface area contributed by atoms with E-state index in [2.05, 4.69) is 5.10 Å². The van der Waals surface area contributed by atoms with Gasteiger partial charge in [0.1, 0.15) is 6.10 Å². The molecule has 1 aromatic heterocycles. The zero-order chi connectivity index (χ0) is 13.4. The Hall–Kier alpha value is -1.36. The van der Waals surface area contributed by atoms with E-state index in [9.17, 15) is 4.79 Å². The van der Waals surface area contributed by atoms with Crippen molar-refractivity contribution < 1.29 is 9.53 Å².